The molecule has 28 heavy (non-hydrogen) atoms. The number of esters is 1. The van der Waals surface area contributed by atoms with Gasteiger partial charge in [-0.25, -0.2) is 4.79 Å². The molecule has 154 valence electrons. The van der Waals surface area contributed by atoms with Gasteiger partial charge < -0.3 is 15.4 Å². The molecule has 0 radical (unpaired) electrons. The molecule has 0 atom stereocenters. The smallest absolute Gasteiger partial charge is 0.435 e. The van der Waals surface area contributed by atoms with Crippen molar-refractivity contribution < 1.29 is 22.7 Å². The van der Waals surface area contributed by atoms with Gasteiger partial charge in [0.2, 0.25) is 0 Å². The zero-order valence-corrected chi connectivity index (χ0v) is 17.5. The summed E-state index contributed by atoms with van der Waals surface area (Å²) < 4.78 is 44.2. The molecule has 0 bridgehead atoms. The summed E-state index contributed by atoms with van der Waals surface area (Å²) in [4.78, 5) is 12.9. The van der Waals surface area contributed by atoms with Crippen molar-refractivity contribution in [3.63, 3.8) is 0 Å². The Morgan fingerprint density at radius 2 is 2.04 bits per heavy atom. The summed E-state index contributed by atoms with van der Waals surface area (Å²) in [5, 5.41) is 10.5. The lowest BCUT2D eigenvalue weighted by atomic mass is 10.1. The third-order valence-corrected chi connectivity index (χ3v) is 5.47. The van der Waals surface area contributed by atoms with Crippen LogP contribution >= 0.6 is 23.6 Å². The second-order valence-corrected chi connectivity index (χ2v) is 7.74. The van der Waals surface area contributed by atoms with Crippen molar-refractivity contribution in [1.82, 2.24) is 15.1 Å². The Hall–Kier alpha value is -2.14. The summed E-state index contributed by atoms with van der Waals surface area (Å²) in [5.74, 6) is -0.443. The molecule has 11 heteroatoms. The molecule has 0 aliphatic rings. The largest absolute Gasteiger partial charge is 0.465 e. The predicted molar refractivity (Wildman–Crippen MR) is 106 cm³/mol. The lowest BCUT2D eigenvalue weighted by Gasteiger charge is -2.11. The van der Waals surface area contributed by atoms with E-state index in [1.807, 2.05) is 13.8 Å². The summed E-state index contributed by atoms with van der Waals surface area (Å²) in [5.41, 5.74) is 0.826. The van der Waals surface area contributed by atoms with Crippen LogP contribution in [-0.2, 0) is 17.5 Å². The van der Waals surface area contributed by atoms with Crippen LogP contribution in [-0.4, -0.2) is 34.5 Å². The molecule has 6 nitrogen and oxygen atoms in total. The number of thiophene rings is 1. The van der Waals surface area contributed by atoms with Gasteiger partial charge in [-0.2, -0.15) is 18.3 Å². The molecule has 0 spiro atoms. The number of nitrogens with zero attached hydrogens (tertiary/aromatic N) is 2. The van der Waals surface area contributed by atoms with E-state index in [9.17, 15) is 18.0 Å². The number of rotatable bonds is 6. The van der Waals surface area contributed by atoms with Crippen molar-refractivity contribution in [3.8, 4) is 0 Å². The average Bonchev–Trinajstić information content (AvgIpc) is 3.11. The first-order chi connectivity index (χ1) is 13.0. The number of halogens is 3. The highest BCUT2D eigenvalue weighted by Gasteiger charge is 2.34. The van der Waals surface area contributed by atoms with E-state index in [-0.39, 0.29) is 0 Å². The molecule has 0 amide bonds. The summed E-state index contributed by atoms with van der Waals surface area (Å²) in [6, 6.07) is 1.02. The van der Waals surface area contributed by atoms with Gasteiger partial charge in [0.15, 0.2) is 10.8 Å². The van der Waals surface area contributed by atoms with E-state index in [1.165, 1.54) is 23.1 Å². The molecular formula is C17H21F3N4O2S2. The van der Waals surface area contributed by atoms with E-state index >= 15 is 0 Å². The maximum atomic E-state index is 12.7. The van der Waals surface area contributed by atoms with Crippen LogP contribution in [0, 0.1) is 20.8 Å². The minimum atomic E-state index is -4.45. The van der Waals surface area contributed by atoms with E-state index in [1.54, 1.807) is 6.92 Å². The molecule has 0 fully saturated rings. The second-order valence-electron chi connectivity index (χ2n) is 6.11. The Morgan fingerprint density at radius 1 is 1.36 bits per heavy atom. The van der Waals surface area contributed by atoms with Crippen LogP contribution in [0.2, 0.25) is 0 Å². The van der Waals surface area contributed by atoms with Crippen LogP contribution in [0.15, 0.2) is 6.07 Å². The quantitative estimate of drug-likeness (QED) is 0.406. The number of alkyl halides is 3. The number of aromatic nitrogens is 2. The van der Waals surface area contributed by atoms with E-state index in [0.717, 1.165) is 16.5 Å². The molecule has 0 saturated carbocycles. The van der Waals surface area contributed by atoms with E-state index < -0.39 is 17.8 Å². The lowest BCUT2D eigenvalue weighted by molar-refractivity contribution is -0.141. The van der Waals surface area contributed by atoms with Gasteiger partial charge in [0, 0.05) is 23.7 Å². The number of carbonyl (C=O) groups excluding carboxylic acids is 1. The zero-order chi connectivity index (χ0) is 21.1. The molecule has 0 aromatic carbocycles. The van der Waals surface area contributed by atoms with Crippen LogP contribution in [0.25, 0.3) is 0 Å². The van der Waals surface area contributed by atoms with Crippen molar-refractivity contribution >= 4 is 39.6 Å². The van der Waals surface area contributed by atoms with Gasteiger partial charge in [-0.15, -0.1) is 11.3 Å². The Kier molecular flexibility index (Phi) is 7.05. The third kappa shape index (κ3) is 5.22. The Bertz CT molecular complexity index is 875. The summed E-state index contributed by atoms with van der Waals surface area (Å²) in [6.45, 7) is 6.07. The number of carbonyl (C=O) groups is 1. The fraction of sp³-hybridized carbons (Fsp3) is 0.471. The number of hydrogen-bond donors (Lipinski definition) is 2. The molecule has 0 unspecified atom stereocenters. The SMILES string of the molecule is COC(=O)c1c(NC(=S)NCCCn2nc(C(F)(F)F)cc2C)sc(C)c1C. The molecular weight excluding hydrogens is 413 g/mol. The molecule has 2 heterocycles. The predicted octanol–water partition coefficient (Wildman–Crippen LogP) is 4.05. The number of hydrogen-bond acceptors (Lipinski definition) is 5. The minimum absolute atomic E-state index is 0.319. The van der Waals surface area contributed by atoms with Gasteiger partial charge in [-0.3, -0.25) is 4.68 Å². The maximum absolute atomic E-state index is 12.7. The minimum Gasteiger partial charge on any atom is -0.465 e. The van der Waals surface area contributed by atoms with Gasteiger partial charge in [0.25, 0.3) is 0 Å². The number of aryl methyl sites for hydroxylation is 3. The van der Waals surface area contributed by atoms with Crippen LogP contribution in [0.3, 0.4) is 0 Å². The Morgan fingerprint density at radius 3 is 2.61 bits per heavy atom. The molecule has 0 aliphatic heterocycles. The number of anilines is 1. The van der Waals surface area contributed by atoms with Crippen LogP contribution in [0.5, 0.6) is 0 Å². The fourth-order valence-electron chi connectivity index (χ4n) is 2.52. The van der Waals surface area contributed by atoms with E-state index in [0.29, 0.717) is 40.9 Å². The van der Waals surface area contributed by atoms with Crippen molar-refractivity contribution in [2.45, 2.75) is 39.9 Å². The standard InChI is InChI=1S/C17H21F3N4O2S2/c1-9-8-12(17(18,19)20)23-24(9)7-5-6-21-16(27)22-14-13(15(25)26-4)10(2)11(3)28-14/h8H,5-7H2,1-4H3,(H2,21,22,27). The van der Waals surface area contributed by atoms with Crippen molar-refractivity contribution in [2.75, 3.05) is 19.0 Å². The van der Waals surface area contributed by atoms with Crippen molar-refractivity contribution in [2.24, 2.45) is 0 Å². The normalized spacial score (nSPS) is 11.4. The van der Waals surface area contributed by atoms with Crippen LogP contribution < -0.4 is 10.6 Å². The second kappa shape index (κ2) is 8.91. The monoisotopic (exact) mass is 434 g/mol. The molecule has 2 rings (SSSR count). The van der Waals surface area contributed by atoms with Crippen LogP contribution in [0.4, 0.5) is 18.2 Å². The zero-order valence-electron chi connectivity index (χ0n) is 15.9. The summed E-state index contributed by atoms with van der Waals surface area (Å²) in [7, 11) is 1.32. The molecule has 0 aliphatic carbocycles. The first-order valence-corrected chi connectivity index (χ1v) is 9.61. The van der Waals surface area contributed by atoms with Crippen LogP contribution in [0.1, 0.15) is 38.6 Å². The third-order valence-electron chi connectivity index (χ3n) is 4.11. The highest BCUT2D eigenvalue weighted by Crippen LogP contribution is 2.33. The van der Waals surface area contributed by atoms with Gasteiger partial charge in [0.1, 0.15) is 5.00 Å². The molecule has 0 saturated heterocycles. The Balaban J connectivity index is 1.88. The van der Waals surface area contributed by atoms with Crippen molar-refractivity contribution in [3.05, 3.63) is 33.5 Å². The first-order valence-electron chi connectivity index (χ1n) is 8.39. The number of ether oxygens (including phenoxy) is 1. The molecule has 2 aromatic heterocycles. The van der Waals surface area contributed by atoms with Crippen molar-refractivity contribution in [1.29, 1.82) is 0 Å². The lowest BCUT2D eigenvalue weighted by Crippen LogP contribution is -2.30. The highest BCUT2D eigenvalue weighted by atomic mass is 32.1. The average molecular weight is 435 g/mol. The fourth-order valence-corrected chi connectivity index (χ4v) is 3.84. The number of methoxy groups -OCH3 is 1. The summed E-state index contributed by atoms with van der Waals surface area (Å²) in [6.07, 6.45) is -3.93. The summed E-state index contributed by atoms with van der Waals surface area (Å²) >= 11 is 6.64. The topological polar surface area (TPSA) is 68.2 Å². The Labute approximate surface area is 170 Å². The molecule has 2 aromatic rings. The highest BCUT2D eigenvalue weighted by molar-refractivity contribution is 7.80. The molecule has 2 N–H and O–H groups in total. The number of thiocarbonyl (C=S) groups is 1. The van der Waals surface area contributed by atoms with Gasteiger partial charge in [-0.05, 0) is 51.0 Å². The first kappa shape index (κ1) is 22.2. The van der Waals surface area contributed by atoms with Gasteiger partial charge in [0.05, 0.1) is 12.7 Å². The van der Waals surface area contributed by atoms with Gasteiger partial charge >= 0.3 is 12.1 Å². The maximum Gasteiger partial charge on any atom is 0.435 e. The van der Waals surface area contributed by atoms with E-state index in [2.05, 4.69) is 15.7 Å². The van der Waals surface area contributed by atoms with Gasteiger partial charge in [-0.1, -0.05) is 0 Å². The number of nitrogens with one attached hydrogen (secondary N) is 2. The van der Waals surface area contributed by atoms with E-state index in [4.69, 9.17) is 17.0 Å².